The first-order valence-electron chi connectivity index (χ1n) is 4.45. The van der Waals surface area contributed by atoms with Gasteiger partial charge in [-0.2, -0.15) is 0 Å². The van der Waals surface area contributed by atoms with Gasteiger partial charge in [0.1, 0.15) is 5.82 Å². The van der Waals surface area contributed by atoms with Crippen molar-refractivity contribution in [1.82, 2.24) is 4.98 Å². The van der Waals surface area contributed by atoms with Crippen LogP contribution in [0.25, 0.3) is 11.1 Å². The number of benzene rings is 1. The molecule has 1 heterocycles. The molecule has 0 aliphatic rings. The molecule has 1 aromatic carbocycles. The Kier molecular flexibility index (Phi) is 3.24. The average molecular weight is 274 g/mol. The molecule has 0 aliphatic heterocycles. The Labute approximate surface area is 108 Å². The van der Waals surface area contributed by atoms with Crippen LogP contribution in [-0.4, -0.2) is 4.98 Å². The fraction of sp³-hybridized carbons (Fsp3) is 0. The zero-order valence-corrected chi connectivity index (χ0v) is 10.3. The topological polar surface area (TPSA) is 38.9 Å². The summed E-state index contributed by atoms with van der Waals surface area (Å²) in [5.41, 5.74) is 7.23. The molecule has 0 unspecified atom stereocenters. The van der Waals surface area contributed by atoms with Gasteiger partial charge >= 0.3 is 0 Å². The maximum Gasteiger partial charge on any atom is 0.131 e. The van der Waals surface area contributed by atoms with Gasteiger partial charge in [-0.3, -0.25) is 0 Å². The minimum atomic E-state index is 0.323. The van der Waals surface area contributed by atoms with Crippen LogP contribution < -0.4 is 5.73 Å². The SMILES string of the molecule is Nc1ncccc1-c1ccc(Cl)c(Cl)c1Cl. The van der Waals surface area contributed by atoms with Crippen molar-refractivity contribution < 1.29 is 0 Å². The lowest BCUT2D eigenvalue weighted by molar-refractivity contribution is 1.34. The molecule has 2 nitrogen and oxygen atoms in total. The molecule has 0 saturated carbocycles. The van der Waals surface area contributed by atoms with E-state index < -0.39 is 0 Å². The molecule has 0 fully saturated rings. The fourth-order valence-corrected chi connectivity index (χ4v) is 2.02. The third-order valence-corrected chi connectivity index (χ3v) is 3.46. The number of nitrogens with two attached hydrogens (primary N) is 1. The first-order valence-corrected chi connectivity index (χ1v) is 5.59. The summed E-state index contributed by atoms with van der Waals surface area (Å²) in [6, 6.07) is 7.06. The molecule has 5 heteroatoms. The first kappa shape index (κ1) is 11.5. The predicted molar refractivity (Wildman–Crippen MR) is 69.1 cm³/mol. The van der Waals surface area contributed by atoms with Crippen LogP contribution in [0.4, 0.5) is 5.82 Å². The Morgan fingerprint density at radius 3 is 2.38 bits per heavy atom. The van der Waals surface area contributed by atoms with Crippen molar-refractivity contribution >= 4 is 40.6 Å². The Morgan fingerprint density at radius 1 is 0.938 bits per heavy atom. The highest BCUT2D eigenvalue weighted by atomic mass is 35.5. The highest BCUT2D eigenvalue weighted by molar-refractivity contribution is 6.49. The summed E-state index contributed by atoms with van der Waals surface area (Å²) < 4.78 is 0. The van der Waals surface area contributed by atoms with Crippen LogP contribution in [0, 0.1) is 0 Å². The molecule has 0 radical (unpaired) electrons. The van der Waals surface area contributed by atoms with Crippen LogP contribution >= 0.6 is 34.8 Å². The van der Waals surface area contributed by atoms with Gasteiger partial charge < -0.3 is 5.73 Å². The van der Waals surface area contributed by atoms with E-state index in [4.69, 9.17) is 40.5 Å². The largest absolute Gasteiger partial charge is 0.383 e. The van der Waals surface area contributed by atoms with E-state index in [0.29, 0.717) is 20.9 Å². The van der Waals surface area contributed by atoms with Crippen molar-refractivity contribution in [1.29, 1.82) is 0 Å². The minimum absolute atomic E-state index is 0.323. The van der Waals surface area contributed by atoms with Gasteiger partial charge in [0.05, 0.1) is 15.1 Å². The Bertz CT molecular complexity index is 541. The number of nitrogen functional groups attached to an aromatic ring is 1. The molecular formula is C11H7Cl3N2. The number of anilines is 1. The minimum Gasteiger partial charge on any atom is -0.383 e. The van der Waals surface area contributed by atoms with Crippen LogP contribution in [0.15, 0.2) is 30.5 Å². The molecule has 2 N–H and O–H groups in total. The first-order chi connectivity index (χ1) is 7.61. The zero-order valence-electron chi connectivity index (χ0n) is 8.05. The molecule has 0 aliphatic carbocycles. The normalized spacial score (nSPS) is 10.4. The van der Waals surface area contributed by atoms with E-state index in [0.717, 1.165) is 11.1 Å². The van der Waals surface area contributed by atoms with Crippen molar-refractivity contribution in [3.8, 4) is 11.1 Å². The molecular weight excluding hydrogens is 266 g/mol. The molecule has 0 amide bonds. The number of aromatic nitrogens is 1. The van der Waals surface area contributed by atoms with Gasteiger partial charge in [0.15, 0.2) is 0 Å². The van der Waals surface area contributed by atoms with E-state index >= 15 is 0 Å². The average Bonchev–Trinajstić information content (AvgIpc) is 2.28. The number of hydrogen-bond acceptors (Lipinski definition) is 2. The van der Waals surface area contributed by atoms with Crippen molar-refractivity contribution in [2.75, 3.05) is 5.73 Å². The second-order valence-electron chi connectivity index (χ2n) is 3.16. The molecule has 0 atom stereocenters. The van der Waals surface area contributed by atoms with Gasteiger partial charge in [-0.1, -0.05) is 40.9 Å². The quantitative estimate of drug-likeness (QED) is 0.787. The number of pyridine rings is 1. The highest BCUT2D eigenvalue weighted by Gasteiger charge is 2.12. The van der Waals surface area contributed by atoms with Crippen LogP contribution in [-0.2, 0) is 0 Å². The van der Waals surface area contributed by atoms with Gasteiger partial charge in [0.25, 0.3) is 0 Å². The molecule has 0 spiro atoms. The summed E-state index contributed by atoms with van der Waals surface area (Å²) in [6.07, 6.45) is 1.62. The van der Waals surface area contributed by atoms with Crippen molar-refractivity contribution in [2.24, 2.45) is 0 Å². The molecule has 2 aromatic rings. The molecule has 2 rings (SSSR count). The van der Waals surface area contributed by atoms with E-state index in [1.54, 1.807) is 24.4 Å². The maximum absolute atomic E-state index is 6.11. The summed E-state index contributed by atoms with van der Waals surface area (Å²) in [7, 11) is 0. The smallest absolute Gasteiger partial charge is 0.131 e. The lowest BCUT2D eigenvalue weighted by Crippen LogP contribution is -1.93. The van der Waals surface area contributed by atoms with E-state index in [-0.39, 0.29) is 0 Å². The zero-order chi connectivity index (χ0) is 11.7. The van der Waals surface area contributed by atoms with Crippen molar-refractivity contribution in [3.05, 3.63) is 45.5 Å². The van der Waals surface area contributed by atoms with Crippen molar-refractivity contribution in [2.45, 2.75) is 0 Å². The maximum atomic E-state index is 6.11. The van der Waals surface area contributed by atoms with Crippen LogP contribution in [0.2, 0.25) is 15.1 Å². The summed E-state index contributed by atoms with van der Waals surface area (Å²) in [4.78, 5) is 3.99. The summed E-state index contributed by atoms with van der Waals surface area (Å²) >= 11 is 17.9. The van der Waals surface area contributed by atoms with Gasteiger partial charge in [-0.15, -0.1) is 0 Å². The highest BCUT2D eigenvalue weighted by Crippen LogP contribution is 2.39. The summed E-state index contributed by atoms with van der Waals surface area (Å²) in [6.45, 7) is 0. The summed E-state index contributed by atoms with van der Waals surface area (Å²) in [5, 5.41) is 1.12. The monoisotopic (exact) mass is 272 g/mol. The van der Waals surface area contributed by atoms with Crippen molar-refractivity contribution in [3.63, 3.8) is 0 Å². The molecule has 0 saturated heterocycles. The fourth-order valence-electron chi connectivity index (χ4n) is 1.38. The second kappa shape index (κ2) is 4.50. The van der Waals surface area contributed by atoms with E-state index in [9.17, 15) is 0 Å². The van der Waals surface area contributed by atoms with Gasteiger partial charge in [-0.25, -0.2) is 4.98 Å². The van der Waals surface area contributed by atoms with Crippen LogP contribution in [0.5, 0.6) is 0 Å². The van der Waals surface area contributed by atoms with E-state index in [1.807, 2.05) is 6.07 Å². The van der Waals surface area contributed by atoms with Crippen LogP contribution in [0.3, 0.4) is 0 Å². The Morgan fingerprint density at radius 2 is 1.69 bits per heavy atom. The van der Waals surface area contributed by atoms with Gasteiger partial charge in [0.2, 0.25) is 0 Å². The van der Waals surface area contributed by atoms with Gasteiger partial charge in [-0.05, 0) is 18.2 Å². The van der Waals surface area contributed by atoms with E-state index in [1.165, 1.54) is 0 Å². The molecule has 0 bridgehead atoms. The summed E-state index contributed by atoms with van der Waals surface area (Å²) in [5.74, 6) is 0.405. The lowest BCUT2D eigenvalue weighted by Gasteiger charge is -2.08. The number of rotatable bonds is 1. The van der Waals surface area contributed by atoms with E-state index in [2.05, 4.69) is 4.98 Å². The number of halogens is 3. The third-order valence-electron chi connectivity index (χ3n) is 2.16. The number of nitrogens with zero attached hydrogens (tertiary/aromatic N) is 1. The molecule has 1 aromatic heterocycles. The predicted octanol–water partition coefficient (Wildman–Crippen LogP) is 4.29. The third kappa shape index (κ3) is 1.96. The number of hydrogen-bond donors (Lipinski definition) is 1. The Hall–Kier alpha value is -0.960. The molecule has 82 valence electrons. The standard InChI is InChI=1S/C11H7Cl3N2/c12-8-4-3-6(9(13)10(8)14)7-2-1-5-16-11(7)15/h1-5H,(H2,15,16). The Balaban J connectivity index is 2.66. The van der Waals surface area contributed by atoms with Gasteiger partial charge in [0, 0.05) is 17.3 Å². The lowest BCUT2D eigenvalue weighted by atomic mass is 10.1. The molecule has 16 heavy (non-hydrogen) atoms. The van der Waals surface area contributed by atoms with Crippen LogP contribution in [0.1, 0.15) is 0 Å². The second-order valence-corrected chi connectivity index (χ2v) is 4.32.